The van der Waals surface area contributed by atoms with Crippen LogP contribution in [0, 0.1) is 6.92 Å². The molecule has 2 aromatic carbocycles. The van der Waals surface area contributed by atoms with Crippen LogP contribution >= 0.6 is 11.8 Å². The summed E-state index contributed by atoms with van der Waals surface area (Å²) in [6.45, 7) is 5.04. The molecule has 1 heterocycles. The minimum absolute atomic E-state index is 0.100. The maximum atomic E-state index is 12.8. The Hall–Kier alpha value is -2.00. The number of hydrogen-bond acceptors (Lipinski definition) is 3. The molecule has 0 radical (unpaired) electrons. The summed E-state index contributed by atoms with van der Waals surface area (Å²) in [5, 5.41) is 0. The van der Waals surface area contributed by atoms with Gasteiger partial charge in [-0.05, 0) is 37.1 Å². The van der Waals surface area contributed by atoms with Crippen molar-refractivity contribution in [1.82, 2.24) is 0 Å². The Morgan fingerprint density at radius 2 is 1.59 bits per heavy atom. The van der Waals surface area contributed by atoms with Gasteiger partial charge in [-0.2, -0.15) is 0 Å². The van der Waals surface area contributed by atoms with Gasteiger partial charge in [0.2, 0.25) is 5.78 Å². The number of allylic oxidation sites excluding steroid dienone is 1. The summed E-state index contributed by atoms with van der Waals surface area (Å²) in [6, 6.07) is 14.1. The summed E-state index contributed by atoms with van der Waals surface area (Å²) in [4.78, 5) is 14.5. The van der Waals surface area contributed by atoms with E-state index in [-0.39, 0.29) is 5.78 Å². The minimum atomic E-state index is 0.100. The van der Waals surface area contributed by atoms with Gasteiger partial charge in [-0.15, -0.1) is 0 Å². The normalized spacial score (nSPS) is 14.4. The molecular formula is C26H32O2S. The molecule has 29 heavy (non-hydrogen) atoms. The van der Waals surface area contributed by atoms with Crippen molar-refractivity contribution in [3.05, 3.63) is 64.1 Å². The van der Waals surface area contributed by atoms with E-state index in [1.165, 1.54) is 62.3 Å². The molecule has 0 spiro atoms. The van der Waals surface area contributed by atoms with Crippen LogP contribution < -0.4 is 4.74 Å². The number of ketones is 1. The van der Waals surface area contributed by atoms with Crippen LogP contribution in [0.2, 0.25) is 0 Å². The van der Waals surface area contributed by atoms with Crippen LogP contribution in [-0.2, 0) is 0 Å². The average Bonchev–Trinajstić information content (AvgIpc) is 3.05. The van der Waals surface area contributed by atoms with E-state index in [0.717, 1.165) is 39.7 Å². The van der Waals surface area contributed by atoms with Crippen LogP contribution in [-0.4, -0.2) is 12.4 Å². The fourth-order valence-electron chi connectivity index (χ4n) is 3.53. The summed E-state index contributed by atoms with van der Waals surface area (Å²) in [6.07, 6.45) is 12.3. The van der Waals surface area contributed by atoms with Gasteiger partial charge in [0.25, 0.3) is 0 Å². The van der Waals surface area contributed by atoms with Gasteiger partial charge in [0, 0.05) is 5.56 Å². The smallest absolute Gasteiger partial charge is 0.200 e. The molecule has 0 saturated carbocycles. The van der Waals surface area contributed by atoms with E-state index in [1.54, 1.807) is 0 Å². The highest BCUT2D eigenvalue weighted by Gasteiger charge is 2.28. The Morgan fingerprint density at radius 1 is 0.897 bits per heavy atom. The van der Waals surface area contributed by atoms with E-state index in [1.807, 2.05) is 24.3 Å². The first-order chi connectivity index (χ1) is 14.2. The van der Waals surface area contributed by atoms with E-state index >= 15 is 0 Å². The molecule has 0 atom stereocenters. The first kappa shape index (κ1) is 21.7. The Labute approximate surface area is 179 Å². The molecule has 1 aliphatic rings. The molecule has 0 amide bonds. The summed E-state index contributed by atoms with van der Waals surface area (Å²) in [5.74, 6) is 0.944. The lowest BCUT2D eigenvalue weighted by atomic mass is 10.1. The number of carbonyl (C=O) groups is 1. The fourth-order valence-corrected chi connectivity index (χ4v) is 4.65. The summed E-state index contributed by atoms with van der Waals surface area (Å²) in [7, 11) is 0. The van der Waals surface area contributed by atoms with Crippen molar-refractivity contribution in [2.75, 3.05) is 6.61 Å². The average molecular weight is 409 g/mol. The van der Waals surface area contributed by atoms with Crippen molar-refractivity contribution in [2.24, 2.45) is 0 Å². The van der Waals surface area contributed by atoms with Crippen LogP contribution in [0.5, 0.6) is 5.75 Å². The molecule has 0 unspecified atom stereocenters. The molecular weight excluding hydrogens is 376 g/mol. The Balaban J connectivity index is 1.52. The standard InChI is InChI=1S/C26H32O2S/c1-3-4-5-6-7-8-9-10-18-28-23-13-11-12-22-25(27)24(29-26(22)23)19-21-16-14-20(2)15-17-21/h11-17,19H,3-10,18H2,1-2H3. The number of carbonyl (C=O) groups excluding carboxylic acids is 1. The van der Waals surface area contributed by atoms with Gasteiger partial charge in [0.15, 0.2) is 0 Å². The zero-order valence-electron chi connectivity index (χ0n) is 17.7. The molecule has 3 heteroatoms. The van der Waals surface area contributed by atoms with E-state index in [0.29, 0.717) is 0 Å². The monoisotopic (exact) mass is 408 g/mol. The van der Waals surface area contributed by atoms with Gasteiger partial charge in [0.1, 0.15) is 5.75 Å². The summed E-state index contributed by atoms with van der Waals surface area (Å²) in [5.41, 5.74) is 3.04. The first-order valence-corrected chi connectivity index (χ1v) is 11.8. The van der Waals surface area contributed by atoms with Gasteiger partial charge >= 0.3 is 0 Å². The molecule has 0 aromatic heterocycles. The van der Waals surface area contributed by atoms with Gasteiger partial charge in [-0.25, -0.2) is 0 Å². The third kappa shape index (κ3) is 6.24. The second-order valence-corrected chi connectivity index (χ2v) is 8.86. The number of thioether (sulfide) groups is 1. The zero-order valence-corrected chi connectivity index (χ0v) is 18.5. The number of rotatable bonds is 11. The van der Waals surface area contributed by atoms with Crippen molar-refractivity contribution in [1.29, 1.82) is 0 Å². The van der Waals surface area contributed by atoms with Crippen molar-refractivity contribution < 1.29 is 9.53 Å². The predicted octanol–water partition coefficient (Wildman–Crippen LogP) is 7.84. The third-order valence-corrected chi connectivity index (χ3v) is 6.44. The number of ether oxygens (including phenoxy) is 1. The molecule has 0 fully saturated rings. The number of Topliss-reactive ketones (excluding diaryl/α,β-unsaturated/α-hetero) is 1. The largest absolute Gasteiger partial charge is 0.492 e. The predicted molar refractivity (Wildman–Crippen MR) is 124 cm³/mol. The fraction of sp³-hybridized carbons (Fsp3) is 0.423. The van der Waals surface area contributed by atoms with Crippen molar-refractivity contribution in [3.63, 3.8) is 0 Å². The Kier molecular flexibility index (Phi) is 8.42. The highest BCUT2D eigenvalue weighted by molar-refractivity contribution is 8.05. The summed E-state index contributed by atoms with van der Waals surface area (Å²) < 4.78 is 6.06. The van der Waals surface area contributed by atoms with Crippen molar-refractivity contribution in [2.45, 2.75) is 70.1 Å². The molecule has 0 bridgehead atoms. The van der Waals surface area contributed by atoms with E-state index < -0.39 is 0 Å². The number of aryl methyl sites for hydroxylation is 1. The van der Waals surface area contributed by atoms with Crippen LogP contribution in [0.4, 0.5) is 0 Å². The number of hydrogen-bond donors (Lipinski definition) is 0. The van der Waals surface area contributed by atoms with Crippen LogP contribution in [0.3, 0.4) is 0 Å². The quantitative estimate of drug-likeness (QED) is 0.280. The molecule has 3 rings (SSSR count). The lowest BCUT2D eigenvalue weighted by Crippen LogP contribution is -2.00. The summed E-state index contributed by atoms with van der Waals surface area (Å²) >= 11 is 1.54. The van der Waals surface area contributed by atoms with Gasteiger partial charge < -0.3 is 4.74 Å². The van der Waals surface area contributed by atoms with Crippen LogP contribution in [0.15, 0.2) is 52.3 Å². The van der Waals surface area contributed by atoms with E-state index in [9.17, 15) is 4.79 Å². The highest BCUT2D eigenvalue weighted by atomic mass is 32.2. The molecule has 0 N–H and O–H groups in total. The van der Waals surface area contributed by atoms with Gasteiger partial charge in [-0.1, -0.05) is 99.5 Å². The third-order valence-electron chi connectivity index (χ3n) is 5.29. The highest BCUT2D eigenvalue weighted by Crippen LogP contribution is 2.46. The molecule has 2 aromatic rings. The molecule has 0 saturated heterocycles. The number of unbranched alkanes of at least 4 members (excludes halogenated alkanes) is 7. The number of fused-ring (bicyclic) bond motifs is 1. The van der Waals surface area contributed by atoms with Crippen LogP contribution in [0.1, 0.15) is 79.8 Å². The zero-order chi connectivity index (χ0) is 20.5. The van der Waals surface area contributed by atoms with Crippen molar-refractivity contribution >= 4 is 23.6 Å². The Morgan fingerprint density at radius 3 is 2.31 bits per heavy atom. The SMILES string of the molecule is CCCCCCCCCCOc1cccc2c1SC(=Cc1ccc(C)cc1)C2=O. The maximum Gasteiger partial charge on any atom is 0.200 e. The lowest BCUT2D eigenvalue weighted by molar-refractivity contribution is 0.104. The first-order valence-electron chi connectivity index (χ1n) is 11.0. The van der Waals surface area contributed by atoms with E-state index in [4.69, 9.17) is 4.74 Å². The topological polar surface area (TPSA) is 26.3 Å². The van der Waals surface area contributed by atoms with Gasteiger partial charge in [0.05, 0.1) is 16.4 Å². The lowest BCUT2D eigenvalue weighted by Gasteiger charge is -2.09. The second-order valence-electron chi connectivity index (χ2n) is 7.81. The van der Waals surface area contributed by atoms with Gasteiger partial charge in [-0.3, -0.25) is 4.79 Å². The minimum Gasteiger partial charge on any atom is -0.492 e. The molecule has 1 aliphatic heterocycles. The Bertz CT molecular complexity index is 836. The van der Waals surface area contributed by atoms with Crippen molar-refractivity contribution in [3.8, 4) is 5.75 Å². The van der Waals surface area contributed by atoms with Crippen LogP contribution in [0.25, 0.3) is 6.08 Å². The number of benzene rings is 2. The molecule has 154 valence electrons. The maximum absolute atomic E-state index is 12.8. The molecule has 0 aliphatic carbocycles. The second kappa shape index (κ2) is 11.3. The van der Waals surface area contributed by atoms with E-state index in [2.05, 4.69) is 38.1 Å². The molecule has 2 nitrogen and oxygen atoms in total.